The average Bonchev–Trinajstić information content (AvgIpc) is 3.14. The first-order chi connectivity index (χ1) is 18.4. The highest BCUT2D eigenvalue weighted by Gasteiger charge is 2.19. The number of halogens is 1. The van der Waals surface area contributed by atoms with Crippen LogP contribution in [0.25, 0.3) is 0 Å². The van der Waals surface area contributed by atoms with Crippen molar-refractivity contribution in [3.8, 4) is 11.5 Å². The number of nitrogens with zero attached hydrogens (tertiary/aromatic N) is 3. The highest BCUT2D eigenvalue weighted by Crippen LogP contribution is 2.34. The molecular formula is C27H33ClN6O4. The first-order valence-electron chi connectivity index (χ1n) is 12.3. The van der Waals surface area contributed by atoms with E-state index >= 15 is 0 Å². The molecule has 1 aromatic heterocycles. The van der Waals surface area contributed by atoms with Crippen molar-refractivity contribution in [1.82, 2.24) is 20.2 Å². The first-order valence-corrected chi connectivity index (χ1v) is 12.7. The highest BCUT2D eigenvalue weighted by atomic mass is 35.5. The van der Waals surface area contributed by atoms with E-state index in [-0.39, 0.29) is 5.91 Å². The first kappa shape index (κ1) is 27.4. The van der Waals surface area contributed by atoms with Crippen LogP contribution in [0, 0.1) is 0 Å². The van der Waals surface area contributed by atoms with E-state index < -0.39 is 0 Å². The van der Waals surface area contributed by atoms with E-state index in [1.54, 1.807) is 46.6 Å². The van der Waals surface area contributed by atoms with Gasteiger partial charge in [0.05, 0.1) is 44.0 Å². The molecule has 1 aliphatic heterocycles. The van der Waals surface area contributed by atoms with Crippen molar-refractivity contribution in [3.63, 3.8) is 0 Å². The number of carbonyl (C=O) groups excluding carboxylic acids is 1. The Labute approximate surface area is 227 Å². The Kier molecular flexibility index (Phi) is 9.22. The molecule has 0 spiro atoms. The van der Waals surface area contributed by atoms with Crippen molar-refractivity contribution in [1.29, 1.82) is 0 Å². The van der Waals surface area contributed by atoms with Crippen molar-refractivity contribution >= 4 is 40.6 Å². The van der Waals surface area contributed by atoms with Gasteiger partial charge in [0.1, 0.15) is 16.5 Å². The number of hydrogen-bond donors (Lipinski definition) is 3. The standard InChI is InChI=1S/C27H33ClN6O4/c1-29-26(35)20-15-19(37-3)5-6-22(20)31-25-21(28)16-30-27(33-25)32-23-13-17-7-9-34(11-12-36-2)10-8-18(17)14-24(23)38-4/h5-6,13-16H,7-12H2,1-4H3,(H,29,35)(H2,30,31,32,33). The van der Waals surface area contributed by atoms with Gasteiger partial charge in [-0.25, -0.2) is 4.98 Å². The molecule has 0 fully saturated rings. The molecule has 4 rings (SSSR count). The van der Waals surface area contributed by atoms with Gasteiger partial charge in [0.15, 0.2) is 5.82 Å². The fraction of sp³-hybridized carbons (Fsp3) is 0.370. The number of rotatable bonds is 10. The summed E-state index contributed by atoms with van der Waals surface area (Å²) in [7, 11) is 6.49. The van der Waals surface area contributed by atoms with Crippen LogP contribution in [0.4, 0.5) is 23.1 Å². The molecule has 0 bridgehead atoms. The summed E-state index contributed by atoms with van der Waals surface area (Å²) in [5.41, 5.74) is 4.21. The Bertz CT molecular complexity index is 1290. The lowest BCUT2D eigenvalue weighted by Gasteiger charge is -2.18. The molecule has 0 atom stereocenters. The Morgan fingerprint density at radius 3 is 2.47 bits per heavy atom. The maximum atomic E-state index is 12.5. The smallest absolute Gasteiger partial charge is 0.253 e. The molecule has 38 heavy (non-hydrogen) atoms. The van der Waals surface area contributed by atoms with Crippen molar-refractivity contribution in [2.24, 2.45) is 0 Å². The van der Waals surface area contributed by atoms with Crippen molar-refractivity contribution in [2.75, 3.05) is 65.3 Å². The zero-order valence-electron chi connectivity index (χ0n) is 22.1. The zero-order chi connectivity index (χ0) is 27.1. The molecule has 2 heterocycles. The predicted octanol–water partition coefficient (Wildman–Crippen LogP) is 4.04. The summed E-state index contributed by atoms with van der Waals surface area (Å²) in [6.07, 6.45) is 3.37. The van der Waals surface area contributed by atoms with Gasteiger partial charge < -0.3 is 35.1 Å². The third-order valence-corrected chi connectivity index (χ3v) is 6.75. The van der Waals surface area contributed by atoms with Crippen LogP contribution in [0.5, 0.6) is 11.5 Å². The Morgan fingerprint density at radius 2 is 1.79 bits per heavy atom. The van der Waals surface area contributed by atoms with Crippen LogP contribution in [-0.4, -0.2) is 75.4 Å². The monoisotopic (exact) mass is 540 g/mol. The quantitative estimate of drug-likeness (QED) is 0.351. The predicted molar refractivity (Wildman–Crippen MR) is 149 cm³/mol. The summed E-state index contributed by atoms with van der Waals surface area (Å²) in [4.78, 5) is 23.8. The van der Waals surface area contributed by atoms with Crippen molar-refractivity contribution in [2.45, 2.75) is 12.8 Å². The number of hydrogen-bond acceptors (Lipinski definition) is 9. The summed E-state index contributed by atoms with van der Waals surface area (Å²) >= 11 is 6.42. The molecule has 0 saturated carbocycles. The lowest BCUT2D eigenvalue weighted by atomic mass is 10.0. The second-order valence-corrected chi connectivity index (χ2v) is 9.19. The SMILES string of the molecule is CNC(=O)c1cc(OC)ccc1Nc1nc(Nc2cc3c(cc2OC)CCN(CCOC)CC3)ncc1Cl. The molecule has 3 aromatic rings. The third kappa shape index (κ3) is 6.45. The molecular weight excluding hydrogens is 508 g/mol. The molecule has 202 valence electrons. The van der Waals surface area contributed by atoms with E-state index in [4.69, 9.17) is 25.8 Å². The number of carbonyl (C=O) groups is 1. The summed E-state index contributed by atoms with van der Waals surface area (Å²) in [5, 5.41) is 9.38. The van der Waals surface area contributed by atoms with Gasteiger partial charge in [0.25, 0.3) is 5.91 Å². The third-order valence-electron chi connectivity index (χ3n) is 6.47. The minimum atomic E-state index is -0.273. The van der Waals surface area contributed by atoms with Gasteiger partial charge in [0.2, 0.25) is 5.95 Å². The molecule has 1 amide bonds. The topological polar surface area (TPSA) is 110 Å². The van der Waals surface area contributed by atoms with E-state index in [9.17, 15) is 4.79 Å². The van der Waals surface area contributed by atoms with Crippen LogP contribution in [0.3, 0.4) is 0 Å². The van der Waals surface area contributed by atoms with E-state index in [1.807, 2.05) is 0 Å². The number of anilines is 4. The summed E-state index contributed by atoms with van der Waals surface area (Å²) in [6, 6.07) is 9.32. The van der Waals surface area contributed by atoms with E-state index in [2.05, 4.69) is 43.0 Å². The average molecular weight is 541 g/mol. The second kappa shape index (κ2) is 12.8. The minimum Gasteiger partial charge on any atom is -0.497 e. The summed E-state index contributed by atoms with van der Waals surface area (Å²) in [5.74, 6) is 1.68. The molecule has 3 N–H and O–H groups in total. The van der Waals surface area contributed by atoms with Gasteiger partial charge in [-0.3, -0.25) is 4.79 Å². The molecule has 1 aliphatic rings. The minimum absolute atomic E-state index is 0.273. The van der Waals surface area contributed by atoms with Gasteiger partial charge in [-0.2, -0.15) is 4.98 Å². The summed E-state index contributed by atoms with van der Waals surface area (Å²) < 4.78 is 16.2. The van der Waals surface area contributed by atoms with Crippen LogP contribution in [0.2, 0.25) is 5.02 Å². The number of aromatic nitrogens is 2. The van der Waals surface area contributed by atoms with Crippen molar-refractivity contribution < 1.29 is 19.0 Å². The van der Waals surface area contributed by atoms with Crippen LogP contribution in [0.1, 0.15) is 21.5 Å². The van der Waals surface area contributed by atoms with Gasteiger partial charge in [-0.15, -0.1) is 0 Å². The van der Waals surface area contributed by atoms with Crippen LogP contribution in [0.15, 0.2) is 36.5 Å². The Balaban J connectivity index is 1.58. The second-order valence-electron chi connectivity index (χ2n) is 8.79. The van der Waals surface area contributed by atoms with Gasteiger partial charge in [0, 0.05) is 33.8 Å². The molecule has 11 heteroatoms. The molecule has 0 radical (unpaired) electrons. The number of ether oxygens (including phenoxy) is 3. The largest absolute Gasteiger partial charge is 0.497 e. The maximum Gasteiger partial charge on any atom is 0.253 e. The van der Waals surface area contributed by atoms with Gasteiger partial charge >= 0.3 is 0 Å². The van der Waals surface area contributed by atoms with Crippen molar-refractivity contribution in [3.05, 3.63) is 58.2 Å². The zero-order valence-corrected chi connectivity index (χ0v) is 22.8. The molecule has 0 unspecified atom stereocenters. The van der Waals surface area contributed by atoms with Crippen LogP contribution >= 0.6 is 11.6 Å². The van der Waals surface area contributed by atoms with Gasteiger partial charge in [-0.05, 0) is 54.3 Å². The normalized spacial score (nSPS) is 13.3. The number of benzene rings is 2. The number of amides is 1. The number of nitrogens with one attached hydrogen (secondary N) is 3. The molecule has 10 nitrogen and oxygen atoms in total. The lowest BCUT2D eigenvalue weighted by Crippen LogP contribution is -2.29. The lowest BCUT2D eigenvalue weighted by molar-refractivity contribution is 0.0963. The maximum absolute atomic E-state index is 12.5. The van der Waals surface area contributed by atoms with Gasteiger partial charge in [-0.1, -0.05) is 11.6 Å². The van der Waals surface area contributed by atoms with E-state index in [0.717, 1.165) is 44.8 Å². The molecule has 0 saturated heterocycles. The summed E-state index contributed by atoms with van der Waals surface area (Å²) in [6.45, 7) is 3.57. The Hall–Kier alpha value is -3.60. The molecule has 2 aromatic carbocycles. The van der Waals surface area contributed by atoms with E-state index in [1.165, 1.54) is 17.3 Å². The highest BCUT2D eigenvalue weighted by molar-refractivity contribution is 6.33. The van der Waals surface area contributed by atoms with Crippen LogP contribution < -0.4 is 25.4 Å². The van der Waals surface area contributed by atoms with Crippen LogP contribution in [-0.2, 0) is 17.6 Å². The van der Waals surface area contributed by atoms with E-state index in [0.29, 0.717) is 39.5 Å². The number of fused-ring (bicyclic) bond motifs is 1. The molecule has 0 aliphatic carbocycles. The fourth-order valence-corrected chi connectivity index (χ4v) is 4.49. The number of methoxy groups -OCH3 is 3. The fourth-order valence-electron chi connectivity index (χ4n) is 4.36. The Morgan fingerprint density at radius 1 is 1.03 bits per heavy atom.